The summed E-state index contributed by atoms with van der Waals surface area (Å²) in [5.74, 6) is 1.60. The van der Waals surface area contributed by atoms with E-state index in [1.54, 1.807) is 0 Å². The molecule has 0 aliphatic rings. The molecule has 54 heavy (non-hydrogen) atoms. The van der Waals surface area contributed by atoms with Crippen LogP contribution in [0.2, 0.25) is 0 Å². The minimum absolute atomic E-state index is 0.137. The highest BCUT2D eigenvalue weighted by Gasteiger charge is 2.30. The maximum atomic E-state index is 12.3. The van der Waals surface area contributed by atoms with Crippen molar-refractivity contribution < 1.29 is 5.11 Å². The third kappa shape index (κ3) is 6.89. The minimum atomic E-state index is -0.278. The van der Waals surface area contributed by atoms with Crippen LogP contribution in [0, 0.1) is 0 Å². The molecule has 274 valence electrons. The molecule has 1 heterocycles. The number of hydrogen-bond donors (Lipinski definition) is 1. The van der Waals surface area contributed by atoms with Crippen LogP contribution >= 0.6 is 0 Å². The van der Waals surface area contributed by atoms with Gasteiger partial charge in [-0.05, 0) is 91.4 Å². The van der Waals surface area contributed by atoms with Gasteiger partial charge in [0.1, 0.15) is 11.6 Å². The first-order valence-corrected chi connectivity index (χ1v) is 19.4. The van der Waals surface area contributed by atoms with Gasteiger partial charge >= 0.3 is 0 Å². The van der Waals surface area contributed by atoms with Gasteiger partial charge in [-0.25, -0.2) is 4.98 Å². The second kappa shape index (κ2) is 14.1. The number of rotatable bonds is 7. The summed E-state index contributed by atoms with van der Waals surface area (Å²) in [7, 11) is 0. The van der Waals surface area contributed by atoms with Gasteiger partial charge in [0.15, 0.2) is 0 Å². The van der Waals surface area contributed by atoms with E-state index in [1.807, 2.05) is 0 Å². The highest BCUT2D eigenvalue weighted by atomic mass is 16.3. The zero-order valence-electron chi connectivity index (χ0n) is 33.6. The van der Waals surface area contributed by atoms with Crippen molar-refractivity contribution in [1.29, 1.82) is 0 Å². The van der Waals surface area contributed by atoms with E-state index in [0.29, 0.717) is 5.75 Å². The van der Waals surface area contributed by atoms with Gasteiger partial charge in [-0.1, -0.05) is 172 Å². The van der Waals surface area contributed by atoms with E-state index in [-0.39, 0.29) is 22.7 Å². The van der Waals surface area contributed by atoms with Crippen molar-refractivity contribution in [3.63, 3.8) is 0 Å². The molecule has 1 aromatic heterocycles. The largest absolute Gasteiger partial charge is 0.507 e. The Labute approximate surface area is 322 Å². The molecule has 0 aliphatic heterocycles. The zero-order valence-corrected chi connectivity index (χ0v) is 33.6. The topological polar surface area (TPSA) is 38.0 Å². The van der Waals surface area contributed by atoms with E-state index in [9.17, 15) is 5.11 Å². The van der Waals surface area contributed by atoms with Crippen molar-refractivity contribution in [2.45, 2.75) is 91.9 Å². The smallest absolute Gasteiger partial charge is 0.149 e. The van der Waals surface area contributed by atoms with Crippen LogP contribution < -0.4 is 0 Å². The maximum Gasteiger partial charge on any atom is 0.149 e. The van der Waals surface area contributed by atoms with Crippen molar-refractivity contribution in [3.8, 4) is 56.2 Å². The quantitative estimate of drug-likeness (QED) is 0.179. The normalized spacial score (nSPS) is 12.3. The van der Waals surface area contributed by atoms with E-state index >= 15 is 0 Å². The molecule has 7 rings (SSSR count). The van der Waals surface area contributed by atoms with Crippen LogP contribution in [-0.4, -0.2) is 14.7 Å². The molecule has 1 N–H and O–H groups in total. The molecule has 0 fully saturated rings. The van der Waals surface area contributed by atoms with Gasteiger partial charge in [0, 0.05) is 11.1 Å². The third-order valence-electron chi connectivity index (χ3n) is 10.8. The van der Waals surface area contributed by atoms with E-state index in [0.717, 1.165) is 50.4 Å². The lowest BCUT2D eigenvalue weighted by Gasteiger charge is -2.28. The Morgan fingerprint density at radius 2 is 1.04 bits per heavy atom. The summed E-state index contributed by atoms with van der Waals surface area (Å²) in [6.45, 7) is 22.3. The number of imidazole rings is 1. The summed E-state index contributed by atoms with van der Waals surface area (Å²) >= 11 is 0. The summed E-state index contributed by atoms with van der Waals surface area (Å²) in [4.78, 5) is 5.60. The highest BCUT2D eigenvalue weighted by molar-refractivity contribution is 5.97. The summed E-state index contributed by atoms with van der Waals surface area (Å²) in [5.41, 5.74) is 14.9. The number of fused-ring (bicyclic) bond motifs is 1. The average Bonchev–Trinajstić information content (AvgIpc) is 3.53. The van der Waals surface area contributed by atoms with Crippen molar-refractivity contribution >= 4 is 11.0 Å². The molecule has 0 saturated heterocycles. The van der Waals surface area contributed by atoms with Crippen LogP contribution in [0.3, 0.4) is 0 Å². The molecule has 0 spiro atoms. The van der Waals surface area contributed by atoms with Crippen molar-refractivity contribution in [3.05, 3.63) is 150 Å². The minimum Gasteiger partial charge on any atom is -0.507 e. The number of phenolic OH excluding ortho intramolecular Hbond substituents is 1. The Hall–Kier alpha value is -5.41. The molecule has 0 radical (unpaired) electrons. The zero-order chi connectivity index (χ0) is 38.5. The fraction of sp³-hybridized carbons (Fsp3) is 0.275. The molecule has 0 unspecified atom stereocenters. The summed E-state index contributed by atoms with van der Waals surface area (Å²) in [5, 5.41) is 12.3. The predicted molar refractivity (Wildman–Crippen MR) is 230 cm³/mol. The van der Waals surface area contributed by atoms with Gasteiger partial charge < -0.3 is 5.11 Å². The molecule has 3 nitrogen and oxygen atoms in total. The standard InChI is InChI=1S/C51H54N2O/c1-32(2)40-24-16-25-41(33(3)4)47(40)53-45-27-17-26-42(38-23-15-22-37(29-38)36-21-14-20-35(28-36)34-18-12-11-13-19-34)46(45)52-49(53)43-30-39(50(5,6)7)31-44(48(43)54)51(8,9)10/h11-33,54H,1-10H3. The lowest BCUT2D eigenvalue weighted by molar-refractivity contribution is 0.446. The molecule has 0 saturated carbocycles. The van der Waals surface area contributed by atoms with Crippen molar-refractivity contribution in [2.75, 3.05) is 0 Å². The lowest BCUT2D eigenvalue weighted by Crippen LogP contribution is -2.17. The van der Waals surface area contributed by atoms with Gasteiger partial charge in [-0.3, -0.25) is 4.57 Å². The van der Waals surface area contributed by atoms with Crippen molar-refractivity contribution in [1.82, 2.24) is 9.55 Å². The van der Waals surface area contributed by atoms with Crippen LogP contribution in [0.25, 0.3) is 61.5 Å². The number of nitrogens with zero attached hydrogens (tertiary/aromatic N) is 2. The van der Waals surface area contributed by atoms with Gasteiger partial charge in [-0.15, -0.1) is 0 Å². The Bertz CT molecular complexity index is 2440. The number of aromatic nitrogens is 2. The van der Waals surface area contributed by atoms with Crippen LogP contribution in [0.4, 0.5) is 0 Å². The first-order valence-electron chi connectivity index (χ1n) is 19.4. The highest BCUT2D eigenvalue weighted by Crippen LogP contribution is 2.46. The van der Waals surface area contributed by atoms with Crippen LogP contribution in [0.5, 0.6) is 5.75 Å². The molecule has 3 heteroatoms. The Morgan fingerprint density at radius 1 is 0.519 bits per heavy atom. The Kier molecular flexibility index (Phi) is 9.64. The Morgan fingerprint density at radius 3 is 1.61 bits per heavy atom. The SMILES string of the molecule is CC(C)c1cccc(C(C)C)c1-n1c(-c2cc(C(C)(C)C)cc(C(C)(C)C)c2O)nc2c(-c3cccc(-c4cccc(-c5ccccc5)c4)c3)cccc21. The maximum absolute atomic E-state index is 12.3. The van der Waals surface area contributed by atoms with E-state index in [2.05, 4.69) is 201 Å². The number of aromatic hydroxyl groups is 1. The Balaban J connectivity index is 1.53. The van der Waals surface area contributed by atoms with E-state index in [1.165, 1.54) is 33.4 Å². The van der Waals surface area contributed by atoms with Crippen LogP contribution in [0.15, 0.2) is 127 Å². The van der Waals surface area contributed by atoms with Gasteiger partial charge in [-0.2, -0.15) is 0 Å². The number of phenols is 1. The van der Waals surface area contributed by atoms with E-state index < -0.39 is 0 Å². The molecular weight excluding hydrogens is 657 g/mol. The van der Waals surface area contributed by atoms with Gasteiger partial charge in [0.2, 0.25) is 0 Å². The molecule has 7 aromatic rings. The molecule has 0 aliphatic carbocycles. The fourth-order valence-corrected chi connectivity index (χ4v) is 7.69. The molecule has 0 bridgehead atoms. The molecule has 6 aromatic carbocycles. The first kappa shape index (κ1) is 36.9. The van der Waals surface area contributed by atoms with Gasteiger partial charge in [0.25, 0.3) is 0 Å². The number of para-hydroxylation sites is 2. The first-order chi connectivity index (χ1) is 25.6. The second-order valence-electron chi connectivity index (χ2n) is 17.5. The fourth-order valence-electron chi connectivity index (χ4n) is 7.69. The average molecular weight is 711 g/mol. The lowest BCUT2D eigenvalue weighted by atomic mass is 9.79. The third-order valence-corrected chi connectivity index (χ3v) is 10.8. The van der Waals surface area contributed by atoms with Gasteiger partial charge in [0.05, 0.1) is 22.3 Å². The monoisotopic (exact) mass is 710 g/mol. The van der Waals surface area contributed by atoms with Crippen LogP contribution in [0.1, 0.15) is 103 Å². The number of hydrogen-bond acceptors (Lipinski definition) is 2. The predicted octanol–water partition coefficient (Wildman–Crippen LogP) is 14.2. The number of benzene rings is 6. The van der Waals surface area contributed by atoms with Crippen molar-refractivity contribution in [2.24, 2.45) is 0 Å². The molecule has 0 atom stereocenters. The summed E-state index contributed by atoms with van der Waals surface area (Å²) in [6, 6.07) is 45.7. The van der Waals surface area contributed by atoms with E-state index in [4.69, 9.17) is 4.98 Å². The van der Waals surface area contributed by atoms with Crippen LogP contribution in [-0.2, 0) is 10.8 Å². The second-order valence-corrected chi connectivity index (χ2v) is 17.5. The molecule has 0 amide bonds. The summed E-state index contributed by atoms with van der Waals surface area (Å²) < 4.78 is 2.35. The summed E-state index contributed by atoms with van der Waals surface area (Å²) in [6.07, 6.45) is 0. The molecular formula is C51H54N2O.